The molecule has 1 aliphatic rings. The SMILES string of the molecule is CN1CC(=O)N(Cc2cccc(F)c2Cc2nc3c(-c4ccncn4)c(-c4cccc(C#N)c4)nc(N)n3n2)C1=O. The summed E-state index contributed by atoms with van der Waals surface area (Å²) >= 11 is 0. The van der Waals surface area contributed by atoms with E-state index in [1.165, 1.54) is 34.9 Å². The van der Waals surface area contributed by atoms with Crippen molar-refractivity contribution in [3.8, 4) is 28.6 Å². The van der Waals surface area contributed by atoms with Crippen LogP contribution in [0.4, 0.5) is 15.1 Å². The number of carbonyl (C=O) groups is 2. The number of aromatic nitrogens is 6. The Bertz CT molecular complexity index is 1880. The quantitative estimate of drug-likeness (QED) is 0.315. The maximum atomic E-state index is 15.2. The molecule has 2 N–H and O–H groups in total. The Hall–Kier alpha value is -5.77. The van der Waals surface area contributed by atoms with Crippen LogP contribution in [0.3, 0.4) is 0 Å². The molecule has 1 fully saturated rings. The molecule has 0 atom stereocenters. The number of imide groups is 1. The van der Waals surface area contributed by atoms with Gasteiger partial charge in [0, 0.05) is 30.8 Å². The molecule has 4 heterocycles. The number of fused-ring (bicyclic) bond motifs is 1. The van der Waals surface area contributed by atoms with Crippen molar-refractivity contribution >= 4 is 23.5 Å². The highest BCUT2D eigenvalue weighted by Gasteiger charge is 2.34. The molecule has 5 aromatic rings. The molecule has 202 valence electrons. The first-order valence-electron chi connectivity index (χ1n) is 12.5. The molecule has 0 bridgehead atoms. The number of nitrogen functional groups attached to an aromatic ring is 1. The number of benzene rings is 2. The Morgan fingerprint density at radius 2 is 1.95 bits per heavy atom. The van der Waals surface area contributed by atoms with E-state index in [2.05, 4.69) is 26.1 Å². The van der Waals surface area contributed by atoms with Crippen LogP contribution in [-0.2, 0) is 17.8 Å². The summed E-state index contributed by atoms with van der Waals surface area (Å²) in [4.78, 5) is 44.9. The predicted octanol–water partition coefficient (Wildman–Crippen LogP) is 2.83. The molecule has 0 unspecified atom stereocenters. The third-order valence-electron chi connectivity index (χ3n) is 6.77. The van der Waals surface area contributed by atoms with Crippen molar-refractivity contribution < 1.29 is 14.0 Å². The summed E-state index contributed by atoms with van der Waals surface area (Å²) in [6, 6.07) is 14.8. The number of nitriles is 1. The number of rotatable bonds is 6. The zero-order valence-electron chi connectivity index (χ0n) is 21.7. The lowest BCUT2D eigenvalue weighted by molar-refractivity contribution is -0.125. The molecule has 0 saturated carbocycles. The lowest BCUT2D eigenvalue weighted by Gasteiger charge is -2.16. The zero-order chi connectivity index (χ0) is 28.7. The minimum atomic E-state index is -0.523. The van der Waals surface area contributed by atoms with E-state index in [-0.39, 0.29) is 42.8 Å². The molecule has 2 aromatic carbocycles. The van der Waals surface area contributed by atoms with Crippen LogP contribution in [0.25, 0.3) is 28.2 Å². The molecule has 12 nitrogen and oxygen atoms in total. The first-order chi connectivity index (χ1) is 19.8. The average Bonchev–Trinajstić information content (AvgIpc) is 3.51. The number of hydrogen-bond donors (Lipinski definition) is 1. The van der Waals surface area contributed by atoms with E-state index < -0.39 is 11.8 Å². The zero-order valence-corrected chi connectivity index (χ0v) is 21.7. The lowest BCUT2D eigenvalue weighted by Crippen LogP contribution is -2.31. The van der Waals surface area contributed by atoms with Gasteiger partial charge in [-0.05, 0) is 29.8 Å². The highest BCUT2D eigenvalue weighted by atomic mass is 19.1. The molecule has 1 saturated heterocycles. The van der Waals surface area contributed by atoms with Crippen molar-refractivity contribution in [3.05, 3.63) is 89.4 Å². The first kappa shape index (κ1) is 25.5. The van der Waals surface area contributed by atoms with E-state index in [4.69, 9.17) is 10.7 Å². The standard InChI is InChI=1S/C28H21FN10O2/c1-37-14-23(40)38(28(37)41)13-18-6-3-7-20(29)19(18)11-22-34-26-24(21-8-9-32-15-33-21)25(35-27(31)39(26)36-22)17-5-2-4-16(10-17)12-30/h2-10,15H,11,13-14H2,1H3,(H2,31,35). The molecule has 41 heavy (non-hydrogen) atoms. The van der Waals surface area contributed by atoms with E-state index in [1.54, 1.807) is 42.6 Å². The van der Waals surface area contributed by atoms with Gasteiger partial charge in [-0.1, -0.05) is 24.3 Å². The molecular formula is C28H21FN10O2. The van der Waals surface area contributed by atoms with E-state index in [0.29, 0.717) is 39.3 Å². The van der Waals surface area contributed by atoms with Crippen LogP contribution < -0.4 is 5.73 Å². The van der Waals surface area contributed by atoms with Gasteiger partial charge >= 0.3 is 6.03 Å². The van der Waals surface area contributed by atoms with Crippen LogP contribution in [0.15, 0.2) is 61.1 Å². The number of amides is 3. The van der Waals surface area contributed by atoms with Crippen LogP contribution in [0.2, 0.25) is 0 Å². The molecule has 0 spiro atoms. The van der Waals surface area contributed by atoms with E-state index in [0.717, 1.165) is 4.90 Å². The highest BCUT2D eigenvalue weighted by Crippen LogP contribution is 2.34. The van der Waals surface area contributed by atoms with E-state index in [9.17, 15) is 14.9 Å². The van der Waals surface area contributed by atoms with Crippen LogP contribution in [0.1, 0.15) is 22.5 Å². The fraction of sp³-hybridized carbons (Fsp3) is 0.143. The Labute approximate surface area is 232 Å². The summed E-state index contributed by atoms with van der Waals surface area (Å²) < 4.78 is 16.5. The Kier molecular flexibility index (Phi) is 6.27. The third kappa shape index (κ3) is 4.57. The van der Waals surface area contributed by atoms with E-state index >= 15 is 4.39 Å². The van der Waals surface area contributed by atoms with Gasteiger partial charge in [0.2, 0.25) is 5.95 Å². The van der Waals surface area contributed by atoms with Crippen molar-refractivity contribution in [1.29, 1.82) is 5.26 Å². The predicted molar refractivity (Wildman–Crippen MR) is 144 cm³/mol. The molecule has 3 amide bonds. The van der Waals surface area contributed by atoms with Crippen molar-refractivity contribution in [2.24, 2.45) is 0 Å². The molecule has 0 aliphatic carbocycles. The second-order valence-corrected chi connectivity index (χ2v) is 9.42. The second kappa shape index (κ2) is 10.1. The number of halogens is 1. The maximum absolute atomic E-state index is 15.2. The van der Waals surface area contributed by atoms with Gasteiger partial charge in [-0.15, -0.1) is 5.10 Å². The Morgan fingerprint density at radius 1 is 1.12 bits per heavy atom. The lowest BCUT2D eigenvalue weighted by atomic mass is 10.0. The Morgan fingerprint density at radius 3 is 2.68 bits per heavy atom. The number of urea groups is 1. The molecule has 0 radical (unpaired) electrons. The van der Waals surface area contributed by atoms with Gasteiger partial charge in [-0.2, -0.15) is 9.78 Å². The van der Waals surface area contributed by atoms with Gasteiger partial charge in [0.05, 0.1) is 35.1 Å². The topological polar surface area (TPSA) is 159 Å². The largest absolute Gasteiger partial charge is 0.368 e. The fourth-order valence-electron chi connectivity index (χ4n) is 4.80. The molecule has 1 aliphatic heterocycles. The van der Waals surface area contributed by atoms with Crippen LogP contribution in [0, 0.1) is 17.1 Å². The summed E-state index contributed by atoms with van der Waals surface area (Å²) in [6.45, 7) is -0.118. The fourth-order valence-corrected chi connectivity index (χ4v) is 4.80. The minimum absolute atomic E-state index is 0.0268. The van der Waals surface area contributed by atoms with Crippen LogP contribution in [0.5, 0.6) is 0 Å². The molecular weight excluding hydrogens is 527 g/mol. The van der Waals surface area contributed by atoms with Crippen molar-refractivity contribution in [2.75, 3.05) is 19.3 Å². The molecule has 13 heteroatoms. The summed E-state index contributed by atoms with van der Waals surface area (Å²) in [5.74, 6) is -0.622. The number of nitrogens with two attached hydrogens (primary N) is 1. The number of nitrogens with zero attached hydrogens (tertiary/aromatic N) is 9. The van der Waals surface area contributed by atoms with Gasteiger partial charge in [0.25, 0.3) is 5.91 Å². The summed E-state index contributed by atoms with van der Waals surface area (Å²) in [7, 11) is 1.53. The van der Waals surface area contributed by atoms with Crippen LogP contribution in [-0.4, -0.2) is 64.9 Å². The van der Waals surface area contributed by atoms with Gasteiger partial charge in [-0.3, -0.25) is 9.69 Å². The number of likely N-dealkylation sites (N-methyl/N-ethyl adjacent to an activating group) is 1. The van der Waals surface area contributed by atoms with Gasteiger partial charge in [-0.25, -0.2) is 29.1 Å². The summed E-state index contributed by atoms with van der Waals surface area (Å²) in [6.07, 6.45) is 2.92. The van der Waals surface area contributed by atoms with Crippen molar-refractivity contribution in [3.63, 3.8) is 0 Å². The number of hydrogen-bond acceptors (Lipinski definition) is 9. The number of anilines is 1. The third-order valence-corrected chi connectivity index (χ3v) is 6.77. The van der Waals surface area contributed by atoms with E-state index in [1.807, 2.05) is 0 Å². The summed E-state index contributed by atoms with van der Waals surface area (Å²) in [5, 5.41) is 13.9. The first-order valence-corrected chi connectivity index (χ1v) is 12.5. The summed E-state index contributed by atoms with van der Waals surface area (Å²) in [5.41, 5.74) is 9.84. The monoisotopic (exact) mass is 548 g/mol. The normalized spacial score (nSPS) is 13.3. The smallest absolute Gasteiger partial charge is 0.327 e. The minimum Gasteiger partial charge on any atom is -0.368 e. The van der Waals surface area contributed by atoms with Gasteiger partial charge in [0.1, 0.15) is 18.7 Å². The molecule has 3 aromatic heterocycles. The maximum Gasteiger partial charge on any atom is 0.327 e. The van der Waals surface area contributed by atoms with Gasteiger partial charge < -0.3 is 10.6 Å². The highest BCUT2D eigenvalue weighted by molar-refractivity contribution is 6.01. The van der Waals surface area contributed by atoms with Gasteiger partial charge in [0.15, 0.2) is 11.5 Å². The van der Waals surface area contributed by atoms with Crippen LogP contribution >= 0.6 is 0 Å². The second-order valence-electron chi connectivity index (χ2n) is 9.42. The Balaban J connectivity index is 1.47. The van der Waals surface area contributed by atoms with Crippen molar-refractivity contribution in [2.45, 2.75) is 13.0 Å². The average molecular weight is 549 g/mol. The molecule has 6 rings (SSSR count). The number of carbonyl (C=O) groups excluding carboxylic acids is 2. The van der Waals surface area contributed by atoms with Crippen molar-refractivity contribution in [1.82, 2.24) is 39.3 Å².